The van der Waals surface area contributed by atoms with E-state index in [2.05, 4.69) is 4.74 Å². The minimum Gasteiger partial charge on any atom is -0.468 e. The van der Waals surface area contributed by atoms with Crippen LogP contribution in [-0.2, 0) is 27.3 Å². The smallest absolute Gasteiger partial charge is 0.325 e. The molecule has 0 unspecified atom stereocenters. The largest absolute Gasteiger partial charge is 0.468 e. The second-order valence-corrected chi connectivity index (χ2v) is 5.44. The van der Waals surface area contributed by atoms with E-state index >= 15 is 0 Å². The minimum absolute atomic E-state index is 0.104. The summed E-state index contributed by atoms with van der Waals surface area (Å²) in [5, 5.41) is 0. The minimum atomic E-state index is -0.468. The number of amides is 1. The third-order valence-electron chi connectivity index (χ3n) is 3.63. The normalized spacial score (nSPS) is 10.2. The fraction of sp³-hybridized carbons (Fsp3) is 0.263. The quantitative estimate of drug-likeness (QED) is 0.734. The van der Waals surface area contributed by atoms with Crippen LogP contribution in [0.1, 0.15) is 17.5 Å². The van der Waals surface area contributed by atoms with Crippen molar-refractivity contribution in [3.8, 4) is 0 Å². The van der Waals surface area contributed by atoms with Gasteiger partial charge in [-0.2, -0.15) is 0 Å². The van der Waals surface area contributed by atoms with Gasteiger partial charge in [-0.25, -0.2) is 4.39 Å². The van der Waals surface area contributed by atoms with Gasteiger partial charge in [0, 0.05) is 13.0 Å². The molecule has 2 aromatic carbocycles. The summed E-state index contributed by atoms with van der Waals surface area (Å²) in [4.78, 5) is 25.5. The SMILES string of the molecule is COC(=O)CN(Cc1ccccc1)C(=O)CCc1cccc(F)c1. The summed E-state index contributed by atoms with van der Waals surface area (Å²) in [6, 6.07) is 15.6. The molecule has 0 saturated heterocycles. The van der Waals surface area contributed by atoms with E-state index in [0.29, 0.717) is 13.0 Å². The highest BCUT2D eigenvalue weighted by molar-refractivity contribution is 5.82. The first kappa shape index (κ1) is 17.7. The van der Waals surface area contributed by atoms with Gasteiger partial charge in [0.25, 0.3) is 0 Å². The Balaban J connectivity index is 2.01. The molecule has 0 spiro atoms. The molecule has 5 heteroatoms. The Kier molecular flexibility index (Phi) is 6.49. The molecule has 0 radical (unpaired) electrons. The van der Waals surface area contributed by atoms with E-state index in [4.69, 9.17) is 0 Å². The van der Waals surface area contributed by atoms with E-state index < -0.39 is 5.97 Å². The maximum Gasteiger partial charge on any atom is 0.325 e. The summed E-state index contributed by atoms with van der Waals surface area (Å²) in [7, 11) is 1.29. The summed E-state index contributed by atoms with van der Waals surface area (Å²) in [5.74, 6) is -0.964. The molecule has 0 atom stereocenters. The predicted molar refractivity (Wildman–Crippen MR) is 88.6 cm³/mol. The van der Waals surface area contributed by atoms with Gasteiger partial charge in [-0.05, 0) is 29.7 Å². The number of halogens is 1. The lowest BCUT2D eigenvalue weighted by Gasteiger charge is -2.21. The number of hydrogen-bond donors (Lipinski definition) is 0. The second-order valence-electron chi connectivity index (χ2n) is 5.44. The number of rotatable bonds is 7. The van der Waals surface area contributed by atoms with Crippen LogP contribution in [0.3, 0.4) is 0 Å². The summed E-state index contributed by atoms with van der Waals surface area (Å²) in [6.07, 6.45) is 0.621. The number of benzene rings is 2. The fourth-order valence-electron chi connectivity index (χ4n) is 2.36. The van der Waals surface area contributed by atoms with Crippen molar-refractivity contribution in [1.29, 1.82) is 0 Å². The monoisotopic (exact) mass is 329 g/mol. The van der Waals surface area contributed by atoms with Crippen LogP contribution < -0.4 is 0 Å². The van der Waals surface area contributed by atoms with E-state index in [9.17, 15) is 14.0 Å². The van der Waals surface area contributed by atoms with Gasteiger partial charge in [-0.15, -0.1) is 0 Å². The zero-order valence-corrected chi connectivity index (χ0v) is 13.6. The first-order valence-corrected chi connectivity index (χ1v) is 7.71. The van der Waals surface area contributed by atoms with Crippen molar-refractivity contribution in [3.63, 3.8) is 0 Å². The third kappa shape index (κ3) is 5.50. The summed E-state index contributed by atoms with van der Waals surface area (Å²) >= 11 is 0. The van der Waals surface area contributed by atoms with Crippen molar-refractivity contribution in [2.24, 2.45) is 0 Å². The van der Waals surface area contributed by atoms with Crippen LogP contribution in [0.5, 0.6) is 0 Å². The Labute approximate surface area is 140 Å². The van der Waals surface area contributed by atoms with E-state index in [1.165, 1.54) is 24.1 Å². The summed E-state index contributed by atoms with van der Waals surface area (Å²) < 4.78 is 17.9. The van der Waals surface area contributed by atoms with Gasteiger partial charge < -0.3 is 9.64 Å². The standard InChI is InChI=1S/C19H20FNO3/c1-24-19(23)14-21(13-16-6-3-2-4-7-16)18(22)11-10-15-8-5-9-17(20)12-15/h2-9,12H,10-11,13-14H2,1H3. The van der Waals surface area contributed by atoms with Crippen molar-refractivity contribution in [1.82, 2.24) is 4.90 Å². The van der Waals surface area contributed by atoms with Gasteiger partial charge in [-0.1, -0.05) is 42.5 Å². The maximum atomic E-state index is 13.2. The highest BCUT2D eigenvalue weighted by atomic mass is 19.1. The Morgan fingerprint density at radius 2 is 1.75 bits per heavy atom. The van der Waals surface area contributed by atoms with Crippen LogP contribution in [0.15, 0.2) is 54.6 Å². The molecule has 0 saturated carbocycles. The topological polar surface area (TPSA) is 46.6 Å². The highest BCUT2D eigenvalue weighted by Crippen LogP contribution is 2.10. The van der Waals surface area contributed by atoms with Gasteiger partial charge in [0.15, 0.2) is 0 Å². The lowest BCUT2D eigenvalue weighted by molar-refractivity contribution is -0.147. The Bertz CT molecular complexity index is 688. The van der Waals surface area contributed by atoms with Crippen LogP contribution >= 0.6 is 0 Å². The second kappa shape index (κ2) is 8.82. The predicted octanol–water partition coefficient (Wildman–Crippen LogP) is 2.96. The van der Waals surface area contributed by atoms with Crippen LogP contribution in [0.2, 0.25) is 0 Å². The number of nitrogens with zero attached hydrogens (tertiary/aromatic N) is 1. The molecule has 0 aliphatic heterocycles. The Morgan fingerprint density at radius 3 is 2.42 bits per heavy atom. The highest BCUT2D eigenvalue weighted by Gasteiger charge is 2.18. The molecule has 2 aromatic rings. The van der Waals surface area contributed by atoms with Crippen LogP contribution in [0.4, 0.5) is 4.39 Å². The zero-order valence-electron chi connectivity index (χ0n) is 13.6. The number of ether oxygens (including phenoxy) is 1. The van der Waals surface area contributed by atoms with Crippen LogP contribution in [-0.4, -0.2) is 30.4 Å². The molecule has 0 heterocycles. The third-order valence-corrected chi connectivity index (χ3v) is 3.63. The van der Waals surface area contributed by atoms with Gasteiger partial charge >= 0.3 is 5.97 Å². The van der Waals surface area contributed by atoms with Crippen molar-refractivity contribution in [2.75, 3.05) is 13.7 Å². The molecule has 1 amide bonds. The zero-order chi connectivity index (χ0) is 17.4. The number of carbonyl (C=O) groups excluding carboxylic acids is 2. The van der Waals surface area contributed by atoms with Gasteiger partial charge in [0.2, 0.25) is 5.91 Å². The van der Waals surface area contributed by atoms with E-state index in [1.54, 1.807) is 12.1 Å². The van der Waals surface area contributed by atoms with Crippen LogP contribution in [0, 0.1) is 5.82 Å². The molecule has 0 aromatic heterocycles. The molecule has 24 heavy (non-hydrogen) atoms. The number of hydrogen-bond acceptors (Lipinski definition) is 3. The first-order valence-electron chi connectivity index (χ1n) is 7.71. The number of carbonyl (C=O) groups is 2. The molecule has 0 bridgehead atoms. The molecule has 0 fully saturated rings. The lowest BCUT2D eigenvalue weighted by Crippen LogP contribution is -2.35. The van der Waals surface area contributed by atoms with Gasteiger partial charge in [0.1, 0.15) is 12.4 Å². The Hall–Kier alpha value is -2.69. The van der Waals surface area contributed by atoms with Gasteiger partial charge in [0.05, 0.1) is 7.11 Å². The summed E-state index contributed by atoms with van der Waals surface area (Å²) in [5.41, 5.74) is 1.68. The molecule has 126 valence electrons. The van der Waals surface area contributed by atoms with Crippen LogP contribution in [0.25, 0.3) is 0 Å². The van der Waals surface area contributed by atoms with Crippen molar-refractivity contribution in [2.45, 2.75) is 19.4 Å². The molecule has 0 N–H and O–H groups in total. The lowest BCUT2D eigenvalue weighted by atomic mass is 10.1. The Morgan fingerprint density at radius 1 is 1.04 bits per heavy atom. The number of aryl methyl sites for hydroxylation is 1. The summed E-state index contributed by atoms with van der Waals surface area (Å²) in [6.45, 7) is 0.227. The van der Waals surface area contributed by atoms with E-state index in [1.807, 2.05) is 30.3 Å². The van der Waals surface area contributed by atoms with Crippen molar-refractivity contribution < 1.29 is 18.7 Å². The molecule has 4 nitrogen and oxygen atoms in total. The van der Waals surface area contributed by atoms with Gasteiger partial charge in [-0.3, -0.25) is 9.59 Å². The number of methoxy groups -OCH3 is 1. The van der Waals surface area contributed by atoms with E-state index in [-0.39, 0.29) is 24.7 Å². The maximum absolute atomic E-state index is 13.2. The average Bonchev–Trinajstić information content (AvgIpc) is 2.60. The average molecular weight is 329 g/mol. The number of esters is 1. The molecule has 0 aliphatic rings. The molecular weight excluding hydrogens is 309 g/mol. The van der Waals surface area contributed by atoms with Crippen molar-refractivity contribution >= 4 is 11.9 Å². The first-order chi connectivity index (χ1) is 11.6. The molecule has 2 rings (SSSR count). The molecular formula is C19H20FNO3. The molecule has 0 aliphatic carbocycles. The van der Waals surface area contributed by atoms with E-state index in [0.717, 1.165) is 11.1 Å². The fourth-order valence-corrected chi connectivity index (χ4v) is 2.36. The van der Waals surface area contributed by atoms with Crippen molar-refractivity contribution in [3.05, 3.63) is 71.5 Å².